The van der Waals surface area contributed by atoms with E-state index in [9.17, 15) is 9.65 Å². The topological polar surface area (TPSA) is 93.2 Å². The van der Waals surface area contributed by atoms with Crippen molar-refractivity contribution in [3.8, 4) is 28.7 Å². The van der Waals surface area contributed by atoms with Crippen molar-refractivity contribution in [3.05, 3.63) is 124 Å². The molecular weight excluding hydrogens is 539 g/mol. The molecule has 0 spiro atoms. The van der Waals surface area contributed by atoms with Gasteiger partial charge in [0.15, 0.2) is 0 Å². The highest BCUT2D eigenvalue weighted by Crippen LogP contribution is 2.43. The first-order chi connectivity index (χ1) is 19.8. The minimum Gasteiger partial charge on any atom is -0.488 e. The maximum Gasteiger partial charge on any atom is 0.142 e. The van der Waals surface area contributed by atoms with Gasteiger partial charge < -0.3 is 20.5 Å². The smallest absolute Gasteiger partial charge is 0.142 e. The first-order valence-corrected chi connectivity index (χ1v) is 13.7. The summed E-state index contributed by atoms with van der Waals surface area (Å²) in [5.41, 5.74) is 12.0. The molecule has 4 aromatic rings. The Hall–Kier alpha value is -4.38. The number of nitrogens with zero attached hydrogens (tertiary/aromatic N) is 2. The lowest BCUT2D eigenvalue weighted by atomic mass is 9.96. The fourth-order valence-corrected chi connectivity index (χ4v) is 5.18. The van der Waals surface area contributed by atoms with Crippen molar-refractivity contribution < 1.29 is 13.9 Å². The van der Waals surface area contributed by atoms with E-state index in [2.05, 4.69) is 22.9 Å². The van der Waals surface area contributed by atoms with Crippen molar-refractivity contribution in [2.45, 2.75) is 45.1 Å². The summed E-state index contributed by atoms with van der Waals surface area (Å²) in [5, 5.41) is 13.0. The Balaban J connectivity index is 1.43. The van der Waals surface area contributed by atoms with Crippen LogP contribution in [0.25, 0.3) is 11.1 Å². The zero-order valence-corrected chi connectivity index (χ0v) is 23.4. The second-order valence-electron chi connectivity index (χ2n) is 10.0. The molecule has 0 aliphatic heterocycles. The van der Waals surface area contributed by atoms with E-state index in [-0.39, 0.29) is 24.6 Å². The van der Waals surface area contributed by atoms with E-state index in [1.807, 2.05) is 37.3 Å². The van der Waals surface area contributed by atoms with Gasteiger partial charge in [-0.05, 0) is 54.7 Å². The van der Waals surface area contributed by atoms with Crippen LogP contribution in [0.15, 0.2) is 85.3 Å². The molecule has 1 aliphatic carbocycles. The zero-order chi connectivity index (χ0) is 28.9. The lowest BCUT2D eigenvalue weighted by Crippen LogP contribution is -2.30. The van der Waals surface area contributed by atoms with Crippen LogP contribution in [-0.2, 0) is 19.6 Å². The third-order valence-electron chi connectivity index (χ3n) is 7.24. The molecule has 0 radical (unpaired) electrons. The predicted molar refractivity (Wildman–Crippen MR) is 158 cm³/mol. The second kappa shape index (κ2) is 12.4. The average molecular weight is 569 g/mol. The Kier molecular flexibility index (Phi) is 8.53. The van der Waals surface area contributed by atoms with Crippen molar-refractivity contribution in [3.63, 3.8) is 0 Å². The van der Waals surface area contributed by atoms with Crippen LogP contribution in [0.1, 0.15) is 47.3 Å². The van der Waals surface area contributed by atoms with Gasteiger partial charge in [0.25, 0.3) is 0 Å². The lowest BCUT2D eigenvalue weighted by Gasteiger charge is -2.21. The maximum absolute atomic E-state index is 14.6. The number of pyridine rings is 1. The largest absolute Gasteiger partial charge is 0.488 e. The van der Waals surface area contributed by atoms with Crippen molar-refractivity contribution in [2.75, 3.05) is 0 Å². The molecule has 0 saturated heterocycles. The molecule has 8 heteroatoms. The Morgan fingerprint density at radius 2 is 1.98 bits per heavy atom. The molecule has 0 amide bonds. The minimum absolute atomic E-state index is 0.118. The number of ether oxygens (including phenoxy) is 2. The number of benzene rings is 3. The predicted octanol–water partition coefficient (Wildman–Crippen LogP) is 7.01. The van der Waals surface area contributed by atoms with Crippen LogP contribution in [0.5, 0.6) is 11.5 Å². The number of halogens is 2. The molecule has 0 fully saturated rings. The molecule has 1 aliphatic rings. The van der Waals surface area contributed by atoms with Gasteiger partial charge in [-0.2, -0.15) is 5.26 Å². The molecule has 1 aromatic heterocycles. The Morgan fingerprint density at radius 3 is 2.76 bits per heavy atom. The molecule has 0 unspecified atom stereocenters. The Bertz CT molecular complexity index is 1630. The number of hydrogen-bond acceptors (Lipinski definition) is 6. The van der Waals surface area contributed by atoms with Gasteiger partial charge in [0.1, 0.15) is 36.1 Å². The normalized spacial score (nSPS) is 14.6. The van der Waals surface area contributed by atoms with Gasteiger partial charge in [-0.3, -0.25) is 4.98 Å². The molecule has 5 rings (SSSR count). The second-order valence-corrected chi connectivity index (χ2v) is 10.5. The van der Waals surface area contributed by atoms with Crippen LogP contribution in [0, 0.1) is 17.1 Å². The average Bonchev–Trinajstić information content (AvgIpc) is 3.39. The standard InChI is InChI=1S/C33H30ClFN4O2/c1-20(37)21(2)39-18-24-13-29(34)33(14-32(24)40-19-23-12-22(15-36)16-38-17-23)41-31-11-10-26-25(7-5-8-28(26)31)27-6-3-4-9-30(27)35/h3-9,12-14,16-17,21,31,39H,1,10-11,18-19,37H2,2H3/t21-,31-/m0/s1. The van der Waals surface area contributed by atoms with Crippen LogP contribution >= 0.6 is 11.6 Å². The molecular formula is C33H30ClFN4O2. The number of nitrogens with one attached hydrogen (secondary N) is 1. The molecule has 41 heavy (non-hydrogen) atoms. The SMILES string of the molecule is C=C(N)[C@H](C)NCc1cc(Cl)c(O[C@H]2CCc3c(-c4ccccc4F)cccc32)cc1OCc1cncc(C#N)c1. The van der Waals surface area contributed by atoms with Gasteiger partial charge >= 0.3 is 0 Å². The number of aromatic nitrogens is 1. The van der Waals surface area contributed by atoms with E-state index < -0.39 is 0 Å². The first-order valence-electron chi connectivity index (χ1n) is 13.3. The summed E-state index contributed by atoms with van der Waals surface area (Å²) < 4.78 is 27.3. The van der Waals surface area contributed by atoms with Crippen molar-refractivity contribution in [2.24, 2.45) is 5.73 Å². The quantitative estimate of drug-likeness (QED) is 0.214. The van der Waals surface area contributed by atoms with Crippen LogP contribution in [0.2, 0.25) is 5.02 Å². The van der Waals surface area contributed by atoms with E-state index in [1.54, 1.807) is 30.5 Å². The molecule has 0 saturated carbocycles. The van der Waals surface area contributed by atoms with Crippen LogP contribution in [0.3, 0.4) is 0 Å². The molecule has 208 valence electrons. The van der Waals surface area contributed by atoms with Gasteiger partial charge in [0, 0.05) is 53.4 Å². The van der Waals surface area contributed by atoms with Gasteiger partial charge in [-0.1, -0.05) is 54.6 Å². The Labute approximate surface area is 244 Å². The molecule has 6 nitrogen and oxygen atoms in total. The highest BCUT2D eigenvalue weighted by molar-refractivity contribution is 6.32. The number of nitrogens with two attached hydrogens (primary N) is 1. The molecule has 3 aromatic carbocycles. The molecule has 2 atom stereocenters. The summed E-state index contributed by atoms with van der Waals surface area (Å²) in [6.45, 7) is 6.36. The first kappa shape index (κ1) is 28.2. The van der Waals surface area contributed by atoms with E-state index in [1.165, 1.54) is 12.3 Å². The van der Waals surface area contributed by atoms with Gasteiger partial charge in [0.05, 0.1) is 10.6 Å². The van der Waals surface area contributed by atoms with Crippen molar-refractivity contribution in [1.29, 1.82) is 5.26 Å². The summed E-state index contributed by atoms with van der Waals surface area (Å²) in [4.78, 5) is 4.12. The Morgan fingerprint density at radius 1 is 1.17 bits per heavy atom. The number of rotatable bonds is 10. The van der Waals surface area contributed by atoms with E-state index >= 15 is 0 Å². The third-order valence-corrected chi connectivity index (χ3v) is 7.53. The van der Waals surface area contributed by atoms with Crippen LogP contribution in [0.4, 0.5) is 4.39 Å². The van der Waals surface area contributed by atoms with Crippen LogP contribution in [-0.4, -0.2) is 11.0 Å². The maximum atomic E-state index is 14.6. The fourth-order valence-electron chi connectivity index (χ4n) is 4.95. The lowest BCUT2D eigenvalue weighted by molar-refractivity contribution is 0.206. The summed E-state index contributed by atoms with van der Waals surface area (Å²) in [6.07, 6.45) is 4.42. The van der Waals surface area contributed by atoms with E-state index in [4.69, 9.17) is 26.8 Å². The summed E-state index contributed by atoms with van der Waals surface area (Å²) >= 11 is 6.74. The van der Waals surface area contributed by atoms with Gasteiger partial charge in [-0.25, -0.2) is 4.39 Å². The monoisotopic (exact) mass is 568 g/mol. The van der Waals surface area contributed by atoms with Crippen molar-refractivity contribution >= 4 is 11.6 Å². The summed E-state index contributed by atoms with van der Waals surface area (Å²) in [5.74, 6) is 0.814. The molecule has 0 bridgehead atoms. The van der Waals surface area contributed by atoms with Gasteiger partial charge in [-0.15, -0.1) is 0 Å². The highest BCUT2D eigenvalue weighted by atomic mass is 35.5. The molecule has 3 N–H and O–H groups in total. The summed E-state index contributed by atoms with van der Waals surface area (Å²) in [6, 6.07) is 20.1. The fraction of sp³-hybridized carbons (Fsp3) is 0.212. The highest BCUT2D eigenvalue weighted by Gasteiger charge is 2.28. The zero-order valence-electron chi connectivity index (χ0n) is 22.7. The van der Waals surface area contributed by atoms with Gasteiger partial charge in [0.2, 0.25) is 0 Å². The number of nitriles is 1. The van der Waals surface area contributed by atoms with Crippen molar-refractivity contribution in [1.82, 2.24) is 10.3 Å². The minimum atomic E-state index is -0.248. The third kappa shape index (κ3) is 6.35. The van der Waals surface area contributed by atoms with Crippen LogP contribution < -0.4 is 20.5 Å². The number of hydrogen-bond donors (Lipinski definition) is 2. The van der Waals surface area contributed by atoms with E-state index in [0.29, 0.717) is 39.9 Å². The molecule has 1 heterocycles. The van der Waals surface area contributed by atoms with E-state index in [0.717, 1.165) is 40.7 Å². The summed E-state index contributed by atoms with van der Waals surface area (Å²) in [7, 11) is 0. The number of fused-ring (bicyclic) bond motifs is 1.